The first-order valence-corrected chi connectivity index (χ1v) is 10.7. The molecule has 1 aliphatic heterocycles. The molecule has 3 fully saturated rings. The second-order valence-electron chi connectivity index (χ2n) is 8.75. The van der Waals surface area contributed by atoms with Crippen LogP contribution in [0.15, 0.2) is 12.4 Å². The smallest absolute Gasteiger partial charge is 0.236 e. The van der Waals surface area contributed by atoms with E-state index in [9.17, 15) is 4.79 Å². The van der Waals surface area contributed by atoms with E-state index in [1.807, 2.05) is 18.1 Å². The number of amides is 1. The van der Waals surface area contributed by atoms with Gasteiger partial charge in [-0.2, -0.15) is 0 Å². The molecule has 1 atom stereocenters. The Morgan fingerprint density at radius 3 is 2.73 bits per heavy atom. The molecule has 1 amide bonds. The quantitative estimate of drug-likeness (QED) is 0.784. The number of imidazole rings is 1. The first-order valence-electron chi connectivity index (χ1n) is 10.7. The molecule has 0 radical (unpaired) electrons. The van der Waals surface area contributed by atoms with Gasteiger partial charge in [0, 0.05) is 44.5 Å². The number of rotatable bonds is 6. The zero-order chi connectivity index (χ0) is 17.9. The minimum absolute atomic E-state index is 0.305. The summed E-state index contributed by atoms with van der Waals surface area (Å²) in [6, 6.07) is 0.467. The fraction of sp³-hybridized carbons (Fsp3) is 0.810. The molecule has 4 rings (SSSR count). The summed E-state index contributed by atoms with van der Waals surface area (Å²) in [7, 11) is 2.02. The monoisotopic (exact) mass is 358 g/mol. The highest BCUT2D eigenvalue weighted by Gasteiger charge is 2.29. The van der Waals surface area contributed by atoms with E-state index in [1.165, 1.54) is 63.6 Å². The molecule has 0 bridgehead atoms. The zero-order valence-corrected chi connectivity index (χ0v) is 16.3. The lowest BCUT2D eigenvalue weighted by atomic mass is 9.94. The van der Waals surface area contributed by atoms with Crippen LogP contribution in [0.4, 0.5) is 0 Å². The van der Waals surface area contributed by atoms with Crippen molar-refractivity contribution in [2.45, 2.75) is 76.3 Å². The van der Waals surface area contributed by atoms with Crippen LogP contribution in [0.5, 0.6) is 0 Å². The van der Waals surface area contributed by atoms with Crippen molar-refractivity contribution in [1.82, 2.24) is 19.4 Å². The minimum atomic E-state index is 0.305. The fourth-order valence-electron chi connectivity index (χ4n) is 4.80. The summed E-state index contributed by atoms with van der Waals surface area (Å²) in [5.74, 6) is 2.90. The van der Waals surface area contributed by atoms with Gasteiger partial charge in [-0.15, -0.1) is 0 Å². The van der Waals surface area contributed by atoms with Gasteiger partial charge in [0.1, 0.15) is 5.82 Å². The third-order valence-corrected chi connectivity index (χ3v) is 6.64. The van der Waals surface area contributed by atoms with E-state index in [0.717, 1.165) is 25.6 Å². The largest absolute Gasteiger partial charge is 0.342 e. The van der Waals surface area contributed by atoms with Gasteiger partial charge in [0.25, 0.3) is 0 Å². The van der Waals surface area contributed by atoms with Crippen molar-refractivity contribution in [1.29, 1.82) is 0 Å². The van der Waals surface area contributed by atoms with Crippen molar-refractivity contribution < 1.29 is 4.79 Å². The van der Waals surface area contributed by atoms with Crippen LogP contribution in [0.1, 0.15) is 69.5 Å². The van der Waals surface area contributed by atoms with Crippen molar-refractivity contribution in [3.8, 4) is 0 Å². The van der Waals surface area contributed by atoms with E-state index in [1.54, 1.807) is 0 Å². The third kappa shape index (κ3) is 4.30. The van der Waals surface area contributed by atoms with Crippen LogP contribution < -0.4 is 0 Å². The summed E-state index contributed by atoms with van der Waals surface area (Å²) >= 11 is 0. The van der Waals surface area contributed by atoms with E-state index in [4.69, 9.17) is 0 Å². The average molecular weight is 359 g/mol. The molecule has 0 spiro atoms. The molecule has 5 nitrogen and oxygen atoms in total. The average Bonchev–Trinajstić information content (AvgIpc) is 3.37. The Bertz CT molecular complexity index is 603. The molecule has 5 heteroatoms. The number of hydrogen-bond donors (Lipinski definition) is 0. The Kier molecular flexibility index (Phi) is 5.63. The molecule has 1 aromatic rings. The molecule has 2 heterocycles. The normalized spacial score (nSPS) is 25.3. The Labute approximate surface area is 157 Å². The Morgan fingerprint density at radius 2 is 1.96 bits per heavy atom. The van der Waals surface area contributed by atoms with Crippen LogP contribution in [0.2, 0.25) is 0 Å². The number of nitrogens with zero attached hydrogens (tertiary/aromatic N) is 4. The highest BCUT2D eigenvalue weighted by molar-refractivity contribution is 5.78. The zero-order valence-electron chi connectivity index (χ0n) is 16.3. The maximum Gasteiger partial charge on any atom is 0.236 e. The third-order valence-electron chi connectivity index (χ3n) is 6.64. The lowest BCUT2D eigenvalue weighted by molar-refractivity contribution is -0.134. The van der Waals surface area contributed by atoms with Crippen LogP contribution in [0, 0.1) is 5.92 Å². The lowest BCUT2D eigenvalue weighted by Crippen LogP contribution is -2.46. The summed E-state index contributed by atoms with van der Waals surface area (Å²) in [6.45, 7) is 3.73. The Hall–Kier alpha value is -1.36. The Morgan fingerprint density at radius 1 is 1.15 bits per heavy atom. The Balaban J connectivity index is 1.33. The molecule has 1 aromatic heterocycles. The van der Waals surface area contributed by atoms with Crippen molar-refractivity contribution in [2.75, 3.05) is 26.7 Å². The number of likely N-dealkylation sites (N-methyl/N-ethyl adjacent to an activating group) is 1. The summed E-state index contributed by atoms with van der Waals surface area (Å²) < 4.78 is 2.38. The number of likely N-dealkylation sites (tertiary alicyclic amines) is 1. The molecule has 26 heavy (non-hydrogen) atoms. The molecule has 144 valence electrons. The molecule has 2 aliphatic carbocycles. The van der Waals surface area contributed by atoms with E-state index in [2.05, 4.69) is 20.6 Å². The fourth-order valence-corrected chi connectivity index (χ4v) is 4.80. The second-order valence-corrected chi connectivity index (χ2v) is 8.75. The van der Waals surface area contributed by atoms with E-state index < -0.39 is 0 Å². The summed E-state index contributed by atoms with van der Waals surface area (Å²) in [6.07, 6.45) is 15.5. The molecule has 0 unspecified atom stereocenters. The molecular weight excluding hydrogens is 324 g/mol. The molecule has 3 aliphatic rings. The number of hydrogen-bond acceptors (Lipinski definition) is 3. The first kappa shape index (κ1) is 18.0. The van der Waals surface area contributed by atoms with Crippen LogP contribution >= 0.6 is 0 Å². The van der Waals surface area contributed by atoms with Gasteiger partial charge in [-0.25, -0.2) is 4.98 Å². The van der Waals surface area contributed by atoms with Gasteiger partial charge >= 0.3 is 0 Å². The predicted molar refractivity (Wildman–Crippen MR) is 103 cm³/mol. The molecule has 1 saturated heterocycles. The highest BCUT2D eigenvalue weighted by atomic mass is 16.2. The van der Waals surface area contributed by atoms with E-state index >= 15 is 0 Å². The molecule has 2 saturated carbocycles. The standard InChI is InChI=1S/C21H34N4O/c1-23(19-7-3-2-4-8-19)20(26)16-24-12-5-6-18(15-24)21-22-11-13-25(21)14-17-9-10-17/h11,13,17-19H,2-10,12,14-16H2,1H3/t18-/m1/s1. The van der Waals surface area contributed by atoms with Crippen molar-refractivity contribution in [3.05, 3.63) is 18.2 Å². The van der Waals surface area contributed by atoms with E-state index in [-0.39, 0.29) is 0 Å². The van der Waals surface area contributed by atoms with Gasteiger partial charge in [0.2, 0.25) is 5.91 Å². The van der Waals surface area contributed by atoms with Gasteiger partial charge in [0.05, 0.1) is 6.54 Å². The highest BCUT2D eigenvalue weighted by Crippen LogP contribution is 2.33. The van der Waals surface area contributed by atoms with Crippen molar-refractivity contribution >= 4 is 5.91 Å². The summed E-state index contributed by atoms with van der Waals surface area (Å²) in [5.41, 5.74) is 0. The minimum Gasteiger partial charge on any atom is -0.342 e. The lowest BCUT2D eigenvalue weighted by Gasteiger charge is -2.36. The van der Waals surface area contributed by atoms with Crippen LogP contribution in [-0.2, 0) is 11.3 Å². The van der Waals surface area contributed by atoms with Gasteiger partial charge in [-0.1, -0.05) is 19.3 Å². The van der Waals surface area contributed by atoms with Gasteiger partial charge in [-0.05, 0) is 51.0 Å². The van der Waals surface area contributed by atoms with Crippen LogP contribution in [0.3, 0.4) is 0 Å². The summed E-state index contributed by atoms with van der Waals surface area (Å²) in [4.78, 5) is 21.9. The molecule has 0 aromatic carbocycles. The van der Waals surface area contributed by atoms with Gasteiger partial charge in [-0.3, -0.25) is 9.69 Å². The van der Waals surface area contributed by atoms with Gasteiger partial charge in [0.15, 0.2) is 0 Å². The van der Waals surface area contributed by atoms with Crippen LogP contribution in [0.25, 0.3) is 0 Å². The number of piperidine rings is 1. The molecule has 0 N–H and O–H groups in total. The first-order chi connectivity index (χ1) is 12.7. The van der Waals surface area contributed by atoms with Crippen molar-refractivity contribution in [3.63, 3.8) is 0 Å². The number of carbonyl (C=O) groups is 1. The molecular formula is C21H34N4O. The number of carbonyl (C=O) groups excluding carboxylic acids is 1. The second kappa shape index (κ2) is 8.12. The topological polar surface area (TPSA) is 41.4 Å². The maximum absolute atomic E-state index is 12.8. The van der Waals surface area contributed by atoms with Crippen LogP contribution in [-0.4, -0.2) is 58.0 Å². The summed E-state index contributed by atoms with van der Waals surface area (Å²) in [5, 5.41) is 0. The van der Waals surface area contributed by atoms with Crippen molar-refractivity contribution in [2.24, 2.45) is 5.92 Å². The van der Waals surface area contributed by atoms with E-state index in [0.29, 0.717) is 24.4 Å². The predicted octanol–water partition coefficient (Wildman–Crippen LogP) is 3.26. The SMILES string of the molecule is CN(C(=O)CN1CCC[C@@H](c2nccn2CC2CC2)C1)C1CCCCC1. The number of aromatic nitrogens is 2. The maximum atomic E-state index is 12.8. The van der Waals surface area contributed by atoms with Gasteiger partial charge < -0.3 is 9.47 Å².